The summed E-state index contributed by atoms with van der Waals surface area (Å²) >= 11 is 5.05. The van der Waals surface area contributed by atoms with E-state index in [0.717, 1.165) is 26.8 Å². The highest BCUT2D eigenvalue weighted by molar-refractivity contribution is 9.10. The number of nitrogens with one attached hydrogen (secondary N) is 1. The molecule has 2 rings (SSSR count). The van der Waals surface area contributed by atoms with Gasteiger partial charge in [0.05, 0.1) is 11.4 Å². The molecule has 0 atom stereocenters. The SMILES string of the molecule is Cc1nc(Nc2nc(C(C)(C)C)cs2)ccc1Br. The maximum atomic E-state index is 4.58. The molecule has 2 aromatic rings. The molecule has 3 nitrogen and oxygen atoms in total. The van der Waals surface area contributed by atoms with Gasteiger partial charge in [0.1, 0.15) is 5.82 Å². The summed E-state index contributed by atoms with van der Waals surface area (Å²) in [4.78, 5) is 9.03. The number of anilines is 2. The van der Waals surface area contributed by atoms with Gasteiger partial charge in [-0.05, 0) is 35.0 Å². The lowest BCUT2D eigenvalue weighted by molar-refractivity contribution is 0.573. The maximum absolute atomic E-state index is 4.58. The number of aromatic nitrogens is 2. The summed E-state index contributed by atoms with van der Waals surface area (Å²) in [6, 6.07) is 3.93. The quantitative estimate of drug-likeness (QED) is 0.873. The third-order valence-corrected chi connectivity index (χ3v) is 4.12. The summed E-state index contributed by atoms with van der Waals surface area (Å²) in [5.41, 5.74) is 2.15. The number of aryl methyl sites for hydroxylation is 1. The van der Waals surface area contributed by atoms with Crippen molar-refractivity contribution < 1.29 is 0 Å². The van der Waals surface area contributed by atoms with Crippen LogP contribution in [0.2, 0.25) is 0 Å². The molecule has 0 saturated heterocycles. The van der Waals surface area contributed by atoms with E-state index < -0.39 is 0 Å². The van der Waals surface area contributed by atoms with E-state index in [0.29, 0.717) is 0 Å². The van der Waals surface area contributed by atoms with Crippen LogP contribution in [0.3, 0.4) is 0 Å². The van der Waals surface area contributed by atoms with Crippen LogP contribution in [-0.4, -0.2) is 9.97 Å². The summed E-state index contributed by atoms with van der Waals surface area (Å²) in [6.45, 7) is 8.45. The summed E-state index contributed by atoms with van der Waals surface area (Å²) in [5.74, 6) is 0.825. The summed E-state index contributed by atoms with van der Waals surface area (Å²) < 4.78 is 1.02. The van der Waals surface area contributed by atoms with Gasteiger partial charge in [-0.25, -0.2) is 9.97 Å². The first kappa shape index (κ1) is 13.5. The molecule has 0 aliphatic heterocycles. The monoisotopic (exact) mass is 325 g/mol. The topological polar surface area (TPSA) is 37.8 Å². The van der Waals surface area contributed by atoms with Gasteiger partial charge in [-0.1, -0.05) is 20.8 Å². The molecule has 0 spiro atoms. The van der Waals surface area contributed by atoms with Gasteiger partial charge in [-0.3, -0.25) is 0 Å². The highest BCUT2D eigenvalue weighted by Crippen LogP contribution is 2.28. The predicted molar refractivity (Wildman–Crippen MR) is 80.8 cm³/mol. The van der Waals surface area contributed by atoms with Crippen LogP contribution in [0.15, 0.2) is 22.0 Å². The van der Waals surface area contributed by atoms with Crippen LogP contribution in [0.4, 0.5) is 10.9 Å². The van der Waals surface area contributed by atoms with Crippen molar-refractivity contribution >= 4 is 38.2 Å². The predicted octanol–water partition coefficient (Wildman–Crippen LogP) is 4.65. The zero-order valence-electron chi connectivity index (χ0n) is 10.9. The van der Waals surface area contributed by atoms with Crippen molar-refractivity contribution in [1.29, 1.82) is 0 Å². The standard InChI is InChI=1S/C13H16BrN3S/c1-8-9(14)5-6-11(15-8)17-12-16-10(7-18-12)13(2,3)4/h5-7H,1-4H3,(H,15,16,17). The van der Waals surface area contributed by atoms with Crippen molar-refractivity contribution in [3.05, 3.63) is 33.4 Å². The van der Waals surface area contributed by atoms with Crippen molar-refractivity contribution in [3.8, 4) is 0 Å². The molecule has 0 amide bonds. The Morgan fingerprint density at radius 1 is 1.22 bits per heavy atom. The molecule has 1 N–H and O–H groups in total. The Morgan fingerprint density at radius 2 is 1.94 bits per heavy atom. The number of nitrogens with zero attached hydrogens (tertiary/aromatic N) is 2. The summed E-state index contributed by atoms with van der Waals surface area (Å²) in [7, 11) is 0. The van der Waals surface area contributed by atoms with Gasteiger partial charge >= 0.3 is 0 Å². The minimum Gasteiger partial charge on any atom is -0.316 e. The average molecular weight is 326 g/mol. The van der Waals surface area contributed by atoms with E-state index in [1.54, 1.807) is 11.3 Å². The van der Waals surface area contributed by atoms with Gasteiger partial charge in [0.15, 0.2) is 5.13 Å². The number of hydrogen-bond acceptors (Lipinski definition) is 4. The average Bonchev–Trinajstić information content (AvgIpc) is 2.72. The Kier molecular flexibility index (Phi) is 3.73. The second kappa shape index (κ2) is 4.97. The van der Waals surface area contributed by atoms with Crippen LogP contribution in [0, 0.1) is 6.92 Å². The molecule has 0 saturated carbocycles. The first-order valence-electron chi connectivity index (χ1n) is 5.72. The largest absolute Gasteiger partial charge is 0.316 e. The molecule has 0 aliphatic rings. The van der Waals surface area contributed by atoms with E-state index in [2.05, 4.69) is 57.4 Å². The number of pyridine rings is 1. The molecule has 0 radical (unpaired) electrons. The van der Waals surface area contributed by atoms with E-state index in [9.17, 15) is 0 Å². The number of halogens is 1. The first-order valence-corrected chi connectivity index (χ1v) is 7.40. The van der Waals surface area contributed by atoms with Gasteiger partial charge in [0, 0.05) is 15.3 Å². The number of hydrogen-bond donors (Lipinski definition) is 1. The molecule has 0 unspecified atom stereocenters. The Labute approximate surface area is 120 Å². The van der Waals surface area contributed by atoms with Crippen molar-refractivity contribution in [3.63, 3.8) is 0 Å². The Hall–Kier alpha value is -0.940. The molecular weight excluding hydrogens is 310 g/mol. The third kappa shape index (κ3) is 3.09. The third-order valence-electron chi connectivity index (χ3n) is 2.53. The second-order valence-corrected chi connectivity index (χ2v) is 6.89. The second-order valence-electron chi connectivity index (χ2n) is 5.18. The lowest BCUT2D eigenvalue weighted by Crippen LogP contribution is -2.11. The van der Waals surface area contributed by atoms with Gasteiger partial charge < -0.3 is 5.32 Å². The van der Waals surface area contributed by atoms with Crippen LogP contribution in [0.1, 0.15) is 32.2 Å². The highest BCUT2D eigenvalue weighted by Gasteiger charge is 2.17. The molecule has 0 fully saturated rings. The van der Waals surface area contributed by atoms with Crippen molar-refractivity contribution in [2.75, 3.05) is 5.32 Å². The normalized spacial score (nSPS) is 11.6. The van der Waals surface area contributed by atoms with Crippen molar-refractivity contribution in [1.82, 2.24) is 9.97 Å². The maximum Gasteiger partial charge on any atom is 0.188 e. The van der Waals surface area contributed by atoms with E-state index in [1.165, 1.54) is 0 Å². The van der Waals surface area contributed by atoms with Crippen LogP contribution < -0.4 is 5.32 Å². The fourth-order valence-electron chi connectivity index (χ4n) is 1.40. The lowest BCUT2D eigenvalue weighted by atomic mass is 9.93. The number of thiazole rings is 1. The van der Waals surface area contributed by atoms with Gasteiger partial charge in [0.25, 0.3) is 0 Å². The number of rotatable bonds is 2. The smallest absolute Gasteiger partial charge is 0.188 e. The van der Waals surface area contributed by atoms with Gasteiger partial charge in [-0.2, -0.15) is 0 Å². The highest BCUT2D eigenvalue weighted by atomic mass is 79.9. The van der Waals surface area contributed by atoms with E-state index in [1.807, 2.05) is 19.1 Å². The Balaban J connectivity index is 2.19. The molecule has 2 heterocycles. The van der Waals surface area contributed by atoms with Crippen LogP contribution in [-0.2, 0) is 5.41 Å². The molecule has 0 aliphatic carbocycles. The van der Waals surface area contributed by atoms with Gasteiger partial charge in [-0.15, -0.1) is 11.3 Å². The van der Waals surface area contributed by atoms with Crippen LogP contribution in [0.5, 0.6) is 0 Å². The van der Waals surface area contributed by atoms with Crippen LogP contribution >= 0.6 is 27.3 Å². The summed E-state index contributed by atoms with van der Waals surface area (Å²) in [6.07, 6.45) is 0. The minimum absolute atomic E-state index is 0.0828. The van der Waals surface area contributed by atoms with Crippen molar-refractivity contribution in [2.24, 2.45) is 0 Å². The Morgan fingerprint density at radius 3 is 2.50 bits per heavy atom. The first-order chi connectivity index (χ1) is 8.36. The lowest BCUT2D eigenvalue weighted by Gasteiger charge is -2.14. The van der Waals surface area contributed by atoms with Crippen LogP contribution in [0.25, 0.3) is 0 Å². The molecule has 18 heavy (non-hydrogen) atoms. The van der Waals surface area contributed by atoms with Gasteiger partial charge in [0.2, 0.25) is 0 Å². The van der Waals surface area contributed by atoms with E-state index >= 15 is 0 Å². The molecule has 2 aromatic heterocycles. The summed E-state index contributed by atoms with van der Waals surface area (Å²) in [5, 5.41) is 6.21. The minimum atomic E-state index is 0.0828. The van der Waals surface area contributed by atoms with E-state index in [4.69, 9.17) is 0 Å². The molecule has 0 aromatic carbocycles. The van der Waals surface area contributed by atoms with E-state index in [-0.39, 0.29) is 5.41 Å². The molecule has 5 heteroatoms. The fraction of sp³-hybridized carbons (Fsp3) is 0.385. The molecular formula is C13H16BrN3S. The fourth-order valence-corrected chi connectivity index (χ4v) is 2.56. The zero-order chi connectivity index (χ0) is 13.3. The zero-order valence-corrected chi connectivity index (χ0v) is 13.3. The Bertz CT molecular complexity index is 558. The molecule has 0 bridgehead atoms. The van der Waals surface area contributed by atoms with Crippen molar-refractivity contribution in [2.45, 2.75) is 33.1 Å². The molecule has 96 valence electrons.